The van der Waals surface area contributed by atoms with Gasteiger partial charge in [0, 0.05) is 51.9 Å². The Labute approximate surface area is 160 Å². The van der Waals surface area contributed by atoms with Gasteiger partial charge in [-0.3, -0.25) is 4.79 Å². The number of rotatable bonds is 4. The Kier molecular flexibility index (Phi) is 8.80. The Bertz CT molecular complexity index is 542. The molecule has 0 saturated carbocycles. The molecule has 1 aromatic rings. The highest BCUT2D eigenvalue weighted by molar-refractivity contribution is 14.0. The molecule has 0 aromatic carbocycles. The van der Waals surface area contributed by atoms with Crippen LogP contribution in [0.2, 0.25) is 0 Å². The Morgan fingerprint density at radius 3 is 2.46 bits per heavy atom. The summed E-state index contributed by atoms with van der Waals surface area (Å²) in [7, 11) is 1.60. The van der Waals surface area contributed by atoms with Gasteiger partial charge in [0.2, 0.25) is 11.8 Å². The number of piperazine rings is 1. The second-order valence-electron chi connectivity index (χ2n) is 5.37. The smallest absolute Gasteiger partial charge is 0.219 e. The maximum Gasteiger partial charge on any atom is 0.219 e. The lowest BCUT2D eigenvalue weighted by Crippen LogP contribution is -2.53. The molecule has 2 heterocycles. The maximum atomic E-state index is 11.4. The van der Waals surface area contributed by atoms with E-state index < -0.39 is 0 Å². The lowest BCUT2D eigenvalue weighted by molar-refractivity contribution is -0.130. The summed E-state index contributed by atoms with van der Waals surface area (Å²) >= 11 is 0. The summed E-state index contributed by atoms with van der Waals surface area (Å²) < 4.78 is 5.06. The van der Waals surface area contributed by atoms with E-state index in [1.165, 1.54) is 0 Å². The molecule has 1 saturated heterocycles. The lowest BCUT2D eigenvalue weighted by Gasteiger charge is -2.36. The molecule has 0 aliphatic carbocycles. The molecule has 7 nitrogen and oxygen atoms in total. The number of hydrogen-bond acceptors (Lipinski definition) is 4. The van der Waals surface area contributed by atoms with Crippen molar-refractivity contribution >= 4 is 35.8 Å². The van der Waals surface area contributed by atoms with Gasteiger partial charge in [-0.2, -0.15) is 0 Å². The predicted molar refractivity (Wildman–Crippen MR) is 105 cm³/mol. The van der Waals surface area contributed by atoms with Gasteiger partial charge in [0.1, 0.15) is 0 Å². The number of carbonyl (C=O) groups is 1. The molecule has 1 aliphatic rings. The number of guanidine groups is 1. The Morgan fingerprint density at radius 1 is 1.29 bits per heavy atom. The molecule has 0 unspecified atom stereocenters. The molecule has 134 valence electrons. The summed E-state index contributed by atoms with van der Waals surface area (Å²) in [6.07, 6.45) is 1.78. The first-order valence-corrected chi connectivity index (χ1v) is 7.91. The van der Waals surface area contributed by atoms with Crippen molar-refractivity contribution in [3.8, 4) is 5.88 Å². The van der Waals surface area contributed by atoms with Crippen LogP contribution in [-0.4, -0.2) is 66.5 Å². The van der Waals surface area contributed by atoms with Crippen LogP contribution < -0.4 is 10.1 Å². The Hall–Kier alpha value is -1.58. The lowest BCUT2D eigenvalue weighted by atomic mass is 10.3. The molecule has 0 radical (unpaired) electrons. The zero-order chi connectivity index (χ0) is 16.7. The molecule has 2 rings (SSSR count). The molecule has 8 heteroatoms. The number of carbonyl (C=O) groups excluding carboxylic acids is 1. The van der Waals surface area contributed by atoms with Crippen molar-refractivity contribution in [2.45, 2.75) is 20.4 Å². The average molecular weight is 447 g/mol. The minimum atomic E-state index is 0. The van der Waals surface area contributed by atoms with Gasteiger partial charge in [-0.05, 0) is 12.5 Å². The van der Waals surface area contributed by atoms with Crippen molar-refractivity contribution in [2.24, 2.45) is 4.99 Å². The fourth-order valence-corrected chi connectivity index (χ4v) is 2.45. The molecule has 0 atom stereocenters. The summed E-state index contributed by atoms with van der Waals surface area (Å²) in [4.78, 5) is 24.3. The van der Waals surface area contributed by atoms with Crippen LogP contribution in [0.4, 0.5) is 0 Å². The van der Waals surface area contributed by atoms with E-state index in [0.29, 0.717) is 12.4 Å². The van der Waals surface area contributed by atoms with E-state index in [1.54, 1.807) is 20.2 Å². The summed E-state index contributed by atoms with van der Waals surface area (Å²) in [5, 5.41) is 3.32. The molecule has 1 N–H and O–H groups in total. The van der Waals surface area contributed by atoms with Crippen molar-refractivity contribution < 1.29 is 9.53 Å². The van der Waals surface area contributed by atoms with E-state index in [0.717, 1.165) is 44.2 Å². The number of ether oxygens (including phenoxy) is 1. The second kappa shape index (κ2) is 10.3. The number of amides is 1. The van der Waals surface area contributed by atoms with E-state index in [2.05, 4.69) is 27.1 Å². The quantitative estimate of drug-likeness (QED) is 0.429. The van der Waals surface area contributed by atoms with Crippen molar-refractivity contribution in [2.75, 3.05) is 39.8 Å². The highest BCUT2D eigenvalue weighted by atomic mass is 127. The molecule has 1 fully saturated rings. The monoisotopic (exact) mass is 447 g/mol. The van der Waals surface area contributed by atoms with Crippen molar-refractivity contribution in [3.63, 3.8) is 0 Å². The number of aromatic nitrogens is 1. The van der Waals surface area contributed by atoms with E-state index in [9.17, 15) is 4.79 Å². The average Bonchev–Trinajstić information content (AvgIpc) is 2.59. The summed E-state index contributed by atoms with van der Waals surface area (Å²) in [5.41, 5.74) is 1.03. The van der Waals surface area contributed by atoms with Crippen LogP contribution in [0.15, 0.2) is 23.3 Å². The van der Waals surface area contributed by atoms with Crippen LogP contribution in [-0.2, 0) is 11.3 Å². The van der Waals surface area contributed by atoms with E-state index in [1.807, 2.05) is 17.0 Å². The topological polar surface area (TPSA) is 70.1 Å². The van der Waals surface area contributed by atoms with Gasteiger partial charge in [-0.25, -0.2) is 9.98 Å². The van der Waals surface area contributed by atoms with E-state index in [4.69, 9.17) is 4.74 Å². The number of methoxy groups -OCH3 is 1. The highest BCUT2D eigenvalue weighted by Gasteiger charge is 2.20. The van der Waals surface area contributed by atoms with Crippen LogP contribution in [0.25, 0.3) is 0 Å². The second-order valence-corrected chi connectivity index (χ2v) is 5.37. The summed E-state index contributed by atoms with van der Waals surface area (Å²) in [5.74, 6) is 1.62. The number of aliphatic imine (C=N–C) groups is 1. The molecule has 0 spiro atoms. The summed E-state index contributed by atoms with van der Waals surface area (Å²) in [6, 6.07) is 3.80. The molecule has 24 heavy (non-hydrogen) atoms. The third kappa shape index (κ3) is 5.81. The van der Waals surface area contributed by atoms with Gasteiger partial charge < -0.3 is 19.9 Å². The fraction of sp³-hybridized carbons (Fsp3) is 0.562. The van der Waals surface area contributed by atoms with Crippen molar-refractivity contribution in [1.82, 2.24) is 20.1 Å². The maximum absolute atomic E-state index is 11.4. The zero-order valence-corrected chi connectivity index (χ0v) is 16.8. The first-order valence-electron chi connectivity index (χ1n) is 7.91. The number of halogens is 1. The number of nitrogens with one attached hydrogen (secondary N) is 1. The molecule has 1 aliphatic heterocycles. The van der Waals surface area contributed by atoms with Crippen LogP contribution in [0.5, 0.6) is 5.88 Å². The SMILES string of the molecule is CCNC(=NCc1ccc(OC)nc1)N1CCN(C(C)=O)CC1.I. The minimum absolute atomic E-state index is 0. The normalized spacial score (nSPS) is 14.9. The number of pyridine rings is 1. The van der Waals surface area contributed by atoms with Gasteiger partial charge in [-0.1, -0.05) is 6.07 Å². The van der Waals surface area contributed by atoms with Gasteiger partial charge in [-0.15, -0.1) is 24.0 Å². The van der Waals surface area contributed by atoms with Crippen molar-refractivity contribution in [1.29, 1.82) is 0 Å². The third-order valence-electron chi connectivity index (χ3n) is 3.78. The first-order chi connectivity index (χ1) is 11.1. The molecule has 1 aromatic heterocycles. The van der Waals surface area contributed by atoms with Gasteiger partial charge in [0.05, 0.1) is 13.7 Å². The summed E-state index contributed by atoms with van der Waals surface area (Å²) in [6.45, 7) is 8.12. The predicted octanol–water partition coefficient (Wildman–Crippen LogP) is 1.34. The van der Waals surface area contributed by atoms with E-state index in [-0.39, 0.29) is 29.9 Å². The van der Waals surface area contributed by atoms with Crippen LogP contribution >= 0.6 is 24.0 Å². The van der Waals surface area contributed by atoms with Crippen LogP contribution in [0.3, 0.4) is 0 Å². The largest absolute Gasteiger partial charge is 0.481 e. The van der Waals surface area contributed by atoms with Crippen molar-refractivity contribution in [3.05, 3.63) is 23.9 Å². The van der Waals surface area contributed by atoms with Crippen LogP contribution in [0, 0.1) is 0 Å². The molecule has 0 bridgehead atoms. The zero-order valence-electron chi connectivity index (χ0n) is 14.5. The Balaban J connectivity index is 0.00000288. The molecule has 1 amide bonds. The third-order valence-corrected chi connectivity index (χ3v) is 3.78. The first kappa shape index (κ1) is 20.5. The minimum Gasteiger partial charge on any atom is -0.481 e. The fourth-order valence-electron chi connectivity index (χ4n) is 2.45. The number of hydrogen-bond donors (Lipinski definition) is 1. The number of nitrogens with zero attached hydrogens (tertiary/aromatic N) is 4. The molecular weight excluding hydrogens is 421 g/mol. The molecular formula is C16H26IN5O2. The highest BCUT2D eigenvalue weighted by Crippen LogP contribution is 2.08. The van der Waals surface area contributed by atoms with E-state index >= 15 is 0 Å². The standard InChI is InChI=1S/C16H25N5O2.HI/c1-4-17-16(21-9-7-20(8-10-21)13(2)22)19-12-14-5-6-15(23-3)18-11-14;/h5-6,11H,4,7-10,12H2,1-3H3,(H,17,19);1H. The van der Waals surface area contributed by atoms with Gasteiger partial charge in [0.25, 0.3) is 0 Å². The van der Waals surface area contributed by atoms with Gasteiger partial charge >= 0.3 is 0 Å². The van der Waals surface area contributed by atoms with Crippen LogP contribution in [0.1, 0.15) is 19.4 Å². The Morgan fingerprint density at radius 2 is 1.96 bits per heavy atom. The van der Waals surface area contributed by atoms with Gasteiger partial charge in [0.15, 0.2) is 5.96 Å².